The van der Waals surface area contributed by atoms with Gasteiger partial charge in [0.15, 0.2) is 11.5 Å². The fraction of sp³-hybridized carbons (Fsp3) is 0.174. The van der Waals surface area contributed by atoms with Gasteiger partial charge in [-0.15, -0.1) is 0 Å². The van der Waals surface area contributed by atoms with Crippen LogP contribution in [-0.4, -0.2) is 27.7 Å². The predicted molar refractivity (Wildman–Crippen MR) is 123 cm³/mol. The summed E-state index contributed by atoms with van der Waals surface area (Å²) in [6.45, 7) is 3.31. The lowest BCUT2D eigenvalue weighted by atomic mass is 10.2. The molecule has 0 atom stereocenters. The Labute approximate surface area is 191 Å². The smallest absolute Gasteiger partial charge is 0.264 e. The maximum atomic E-state index is 13.5. The van der Waals surface area contributed by atoms with Crippen LogP contribution in [0.25, 0.3) is 0 Å². The van der Waals surface area contributed by atoms with E-state index in [1.54, 1.807) is 55.5 Å². The molecule has 3 aromatic rings. The second kappa shape index (κ2) is 8.72. The molecule has 1 amide bonds. The Morgan fingerprint density at radius 1 is 1.00 bits per heavy atom. The molecule has 1 N–H and O–H groups in total. The van der Waals surface area contributed by atoms with Gasteiger partial charge < -0.3 is 14.8 Å². The SMILES string of the molecule is Cc1ccc(S(=O)(=O)N(CC(=O)Nc2ccc3c(c2)OCO3)c2ccc(Cl)cc2C)cc1. The molecule has 0 radical (unpaired) electrons. The largest absolute Gasteiger partial charge is 0.454 e. The molecule has 0 spiro atoms. The highest BCUT2D eigenvalue weighted by molar-refractivity contribution is 7.92. The van der Waals surface area contributed by atoms with Crippen LogP contribution < -0.4 is 19.1 Å². The van der Waals surface area contributed by atoms with Gasteiger partial charge in [-0.25, -0.2) is 8.42 Å². The van der Waals surface area contributed by atoms with Crippen molar-refractivity contribution in [3.8, 4) is 11.5 Å². The van der Waals surface area contributed by atoms with Crippen LogP contribution in [0.5, 0.6) is 11.5 Å². The van der Waals surface area contributed by atoms with Gasteiger partial charge in [-0.1, -0.05) is 29.3 Å². The highest BCUT2D eigenvalue weighted by atomic mass is 35.5. The van der Waals surface area contributed by atoms with Gasteiger partial charge in [-0.3, -0.25) is 9.10 Å². The first-order chi connectivity index (χ1) is 15.2. The van der Waals surface area contributed by atoms with Crippen molar-refractivity contribution >= 4 is 38.9 Å². The number of rotatable bonds is 6. The second-order valence-electron chi connectivity index (χ2n) is 7.37. The predicted octanol–water partition coefficient (Wildman–Crippen LogP) is 4.52. The molecule has 1 aliphatic rings. The summed E-state index contributed by atoms with van der Waals surface area (Å²) in [7, 11) is -4.02. The van der Waals surface area contributed by atoms with E-state index in [1.165, 1.54) is 12.1 Å². The third-order valence-corrected chi connectivity index (χ3v) is 6.99. The lowest BCUT2D eigenvalue weighted by Crippen LogP contribution is -2.38. The van der Waals surface area contributed by atoms with Crippen molar-refractivity contribution in [3.05, 3.63) is 76.8 Å². The van der Waals surface area contributed by atoms with Crippen LogP contribution in [0, 0.1) is 13.8 Å². The molecular weight excluding hydrogens is 452 g/mol. The van der Waals surface area contributed by atoms with Crippen LogP contribution in [0.15, 0.2) is 65.6 Å². The highest BCUT2D eigenvalue weighted by Gasteiger charge is 2.28. The third kappa shape index (κ3) is 4.51. The Balaban J connectivity index is 1.66. The van der Waals surface area contributed by atoms with E-state index < -0.39 is 22.5 Å². The average molecular weight is 473 g/mol. The molecule has 0 fully saturated rings. The molecular formula is C23H21ClN2O5S. The minimum absolute atomic E-state index is 0.0910. The van der Waals surface area contributed by atoms with E-state index in [2.05, 4.69) is 5.32 Å². The zero-order valence-electron chi connectivity index (χ0n) is 17.5. The molecule has 0 saturated heterocycles. The lowest BCUT2D eigenvalue weighted by molar-refractivity contribution is -0.114. The van der Waals surface area contributed by atoms with Crippen LogP contribution in [-0.2, 0) is 14.8 Å². The van der Waals surface area contributed by atoms with Crippen molar-refractivity contribution in [3.63, 3.8) is 0 Å². The van der Waals surface area contributed by atoms with E-state index in [0.29, 0.717) is 33.5 Å². The molecule has 0 saturated carbocycles. The monoisotopic (exact) mass is 472 g/mol. The number of halogens is 1. The van der Waals surface area contributed by atoms with Crippen molar-refractivity contribution < 1.29 is 22.7 Å². The van der Waals surface area contributed by atoms with Crippen molar-refractivity contribution in [2.45, 2.75) is 18.7 Å². The van der Waals surface area contributed by atoms with Gasteiger partial charge in [0, 0.05) is 16.8 Å². The van der Waals surface area contributed by atoms with Crippen molar-refractivity contribution in [1.29, 1.82) is 0 Å². The molecule has 3 aromatic carbocycles. The number of amides is 1. The molecule has 1 aliphatic heterocycles. The van der Waals surface area contributed by atoms with E-state index in [-0.39, 0.29) is 11.7 Å². The molecule has 0 aromatic heterocycles. The van der Waals surface area contributed by atoms with E-state index in [9.17, 15) is 13.2 Å². The highest BCUT2D eigenvalue weighted by Crippen LogP contribution is 2.34. The number of fused-ring (bicyclic) bond motifs is 1. The first kappa shape index (κ1) is 22.0. The maximum absolute atomic E-state index is 13.5. The number of carbonyl (C=O) groups is 1. The van der Waals surface area contributed by atoms with Gasteiger partial charge in [-0.2, -0.15) is 0 Å². The van der Waals surface area contributed by atoms with Crippen molar-refractivity contribution in [2.24, 2.45) is 0 Å². The van der Waals surface area contributed by atoms with Crippen LogP contribution in [0.3, 0.4) is 0 Å². The van der Waals surface area contributed by atoms with Gasteiger partial charge in [0.05, 0.1) is 10.6 Å². The van der Waals surface area contributed by atoms with Crippen molar-refractivity contribution in [2.75, 3.05) is 23.0 Å². The maximum Gasteiger partial charge on any atom is 0.264 e. The molecule has 166 valence electrons. The Morgan fingerprint density at radius 3 is 2.44 bits per heavy atom. The van der Waals surface area contributed by atoms with Crippen molar-refractivity contribution in [1.82, 2.24) is 0 Å². The number of anilines is 2. The normalized spacial score (nSPS) is 12.5. The van der Waals surface area contributed by atoms with Gasteiger partial charge in [-0.05, 0) is 61.9 Å². The summed E-state index contributed by atoms with van der Waals surface area (Å²) >= 11 is 6.06. The number of nitrogens with one attached hydrogen (secondary N) is 1. The molecule has 0 aliphatic carbocycles. The second-order valence-corrected chi connectivity index (χ2v) is 9.67. The summed E-state index contributed by atoms with van der Waals surface area (Å²) < 4.78 is 38.7. The quantitative estimate of drug-likeness (QED) is 0.570. The number of benzene rings is 3. The summed E-state index contributed by atoms with van der Waals surface area (Å²) in [5.41, 5.74) is 2.40. The van der Waals surface area contributed by atoms with E-state index in [1.807, 2.05) is 6.92 Å². The zero-order valence-corrected chi connectivity index (χ0v) is 19.0. The van der Waals surface area contributed by atoms with E-state index >= 15 is 0 Å². The minimum atomic E-state index is -4.02. The first-order valence-electron chi connectivity index (χ1n) is 9.79. The Morgan fingerprint density at radius 2 is 1.72 bits per heavy atom. The molecule has 7 nitrogen and oxygen atoms in total. The molecule has 1 heterocycles. The summed E-state index contributed by atoms with van der Waals surface area (Å²) in [6.07, 6.45) is 0. The van der Waals surface area contributed by atoms with Crippen LogP contribution in [0.4, 0.5) is 11.4 Å². The Kier molecular flexibility index (Phi) is 5.99. The fourth-order valence-electron chi connectivity index (χ4n) is 3.34. The minimum Gasteiger partial charge on any atom is -0.454 e. The summed E-state index contributed by atoms with van der Waals surface area (Å²) in [5, 5.41) is 3.20. The number of carbonyl (C=O) groups excluding carboxylic acids is 1. The number of hydrogen-bond donors (Lipinski definition) is 1. The van der Waals surface area contributed by atoms with Crippen LogP contribution >= 0.6 is 11.6 Å². The van der Waals surface area contributed by atoms with E-state index in [4.69, 9.17) is 21.1 Å². The molecule has 4 rings (SSSR count). The number of ether oxygens (including phenoxy) is 2. The number of aryl methyl sites for hydroxylation is 2. The van der Waals surface area contributed by atoms with Crippen LogP contribution in [0.2, 0.25) is 5.02 Å². The average Bonchev–Trinajstić information content (AvgIpc) is 3.21. The van der Waals surface area contributed by atoms with Crippen LogP contribution in [0.1, 0.15) is 11.1 Å². The van der Waals surface area contributed by atoms with Gasteiger partial charge in [0.1, 0.15) is 6.54 Å². The first-order valence-corrected chi connectivity index (χ1v) is 11.6. The Hall–Kier alpha value is -3.23. The summed E-state index contributed by atoms with van der Waals surface area (Å²) in [4.78, 5) is 13.0. The van der Waals surface area contributed by atoms with Gasteiger partial charge in [0.25, 0.3) is 10.0 Å². The standard InChI is InChI=1S/C23H21ClN2O5S/c1-15-3-7-19(8-4-15)32(28,29)26(20-9-5-17(24)11-16(20)2)13-23(27)25-18-6-10-21-22(12-18)31-14-30-21/h3-12H,13-14H2,1-2H3,(H,25,27). The zero-order chi connectivity index (χ0) is 22.9. The fourth-order valence-corrected chi connectivity index (χ4v) is 5.05. The van der Waals surface area contributed by atoms with E-state index in [0.717, 1.165) is 9.87 Å². The molecule has 0 unspecified atom stereocenters. The Bertz CT molecular complexity index is 1280. The number of hydrogen-bond acceptors (Lipinski definition) is 5. The summed E-state index contributed by atoms with van der Waals surface area (Å²) in [5.74, 6) is 0.595. The summed E-state index contributed by atoms with van der Waals surface area (Å²) in [6, 6.07) is 16.3. The molecule has 32 heavy (non-hydrogen) atoms. The lowest BCUT2D eigenvalue weighted by Gasteiger charge is -2.26. The number of nitrogens with zero attached hydrogens (tertiary/aromatic N) is 1. The third-order valence-electron chi connectivity index (χ3n) is 4.98. The van der Waals surface area contributed by atoms with Gasteiger partial charge in [0.2, 0.25) is 12.7 Å². The number of sulfonamides is 1. The molecule has 0 bridgehead atoms. The van der Waals surface area contributed by atoms with Gasteiger partial charge >= 0.3 is 0 Å². The molecule has 9 heteroatoms. The topological polar surface area (TPSA) is 84.9 Å².